The summed E-state index contributed by atoms with van der Waals surface area (Å²) in [4.78, 5) is 1.83. The number of hydrogen-bond donors (Lipinski definition) is 2. The number of halogens is 1. The second-order valence-corrected chi connectivity index (χ2v) is 6.23. The maximum Gasteiger partial charge on any atom is 0.242 e. The molecule has 1 aromatic carbocycles. The van der Waals surface area contributed by atoms with Crippen LogP contribution in [0.15, 0.2) is 23.1 Å². The molecule has 0 fully saturated rings. The largest absolute Gasteiger partial charge is 0.398 e. The van der Waals surface area contributed by atoms with E-state index in [1.807, 2.05) is 19.0 Å². The quantitative estimate of drug-likeness (QED) is 0.532. The lowest BCUT2D eigenvalue weighted by Crippen LogP contribution is -2.29. The van der Waals surface area contributed by atoms with Gasteiger partial charge >= 0.3 is 0 Å². The summed E-state index contributed by atoms with van der Waals surface area (Å²) in [5, 5.41) is 0. The van der Waals surface area contributed by atoms with E-state index in [0.29, 0.717) is 6.61 Å². The number of anilines is 1. The molecule has 0 radical (unpaired) electrons. The van der Waals surface area contributed by atoms with Gasteiger partial charge in [-0.2, -0.15) is 0 Å². The van der Waals surface area contributed by atoms with E-state index in [2.05, 4.69) is 4.72 Å². The lowest BCUT2D eigenvalue weighted by atomic mass is 10.3. The normalized spacial score (nSPS) is 12.0. The molecule has 0 unspecified atom stereocenters. The summed E-state index contributed by atoms with van der Waals surface area (Å²) in [7, 11) is 0.0967. The van der Waals surface area contributed by atoms with E-state index in [9.17, 15) is 12.8 Å². The average molecular weight is 305 g/mol. The SMILES string of the molecule is CN(C)CCOCCNS(=O)(=O)c1ccc(F)cc1N. The van der Waals surface area contributed by atoms with Crippen LogP contribution in [0.2, 0.25) is 0 Å². The molecule has 0 amide bonds. The third-order valence-electron chi connectivity index (χ3n) is 2.48. The van der Waals surface area contributed by atoms with Gasteiger partial charge in [-0.15, -0.1) is 0 Å². The molecule has 0 saturated carbocycles. The number of nitrogens with two attached hydrogens (primary N) is 1. The van der Waals surface area contributed by atoms with Crippen molar-refractivity contribution in [1.29, 1.82) is 0 Å². The highest BCUT2D eigenvalue weighted by molar-refractivity contribution is 7.89. The summed E-state index contributed by atoms with van der Waals surface area (Å²) in [5.41, 5.74) is 5.38. The molecule has 114 valence electrons. The summed E-state index contributed by atoms with van der Waals surface area (Å²) >= 11 is 0. The second-order valence-electron chi connectivity index (χ2n) is 4.50. The number of ether oxygens (including phenoxy) is 1. The van der Waals surface area contributed by atoms with Crippen molar-refractivity contribution in [2.75, 3.05) is 46.1 Å². The number of benzene rings is 1. The van der Waals surface area contributed by atoms with Gasteiger partial charge in [-0.1, -0.05) is 0 Å². The Morgan fingerprint density at radius 2 is 2.05 bits per heavy atom. The number of hydrogen-bond acceptors (Lipinski definition) is 5. The highest BCUT2D eigenvalue weighted by Gasteiger charge is 2.17. The van der Waals surface area contributed by atoms with Gasteiger partial charge in [0.25, 0.3) is 0 Å². The minimum atomic E-state index is -3.74. The minimum Gasteiger partial charge on any atom is -0.398 e. The zero-order chi connectivity index (χ0) is 15.2. The first kappa shape index (κ1) is 16.8. The number of sulfonamides is 1. The maximum atomic E-state index is 12.9. The van der Waals surface area contributed by atoms with E-state index in [0.717, 1.165) is 24.7 Å². The van der Waals surface area contributed by atoms with Crippen LogP contribution in [0, 0.1) is 5.82 Å². The maximum absolute atomic E-state index is 12.9. The highest BCUT2D eigenvalue weighted by Crippen LogP contribution is 2.18. The summed E-state index contributed by atoms with van der Waals surface area (Å²) in [5.74, 6) is -0.575. The topological polar surface area (TPSA) is 84.7 Å². The zero-order valence-electron chi connectivity index (χ0n) is 11.6. The molecule has 20 heavy (non-hydrogen) atoms. The lowest BCUT2D eigenvalue weighted by molar-refractivity contribution is 0.122. The Morgan fingerprint density at radius 3 is 2.65 bits per heavy atom. The molecular weight excluding hydrogens is 285 g/mol. The summed E-state index contributed by atoms with van der Waals surface area (Å²) in [6.07, 6.45) is 0. The number of rotatable bonds is 8. The Hall–Kier alpha value is -1.22. The van der Waals surface area contributed by atoms with Crippen LogP contribution in [0.1, 0.15) is 0 Å². The van der Waals surface area contributed by atoms with Crippen molar-refractivity contribution in [1.82, 2.24) is 9.62 Å². The first-order chi connectivity index (χ1) is 9.33. The van der Waals surface area contributed by atoms with E-state index in [-0.39, 0.29) is 23.7 Å². The van der Waals surface area contributed by atoms with E-state index < -0.39 is 15.8 Å². The van der Waals surface area contributed by atoms with Crippen molar-refractivity contribution in [2.24, 2.45) is 0 Å². The zero-order valence-corrected chi connectivity index (χ0v) is 12.4. The molecule has 0 bridgehead atoms. The predicted molar refractivity (Wildman–Crippen MR) is 75.4 cm³/mol. The molecule has 0 spiro atoms. The van der Waals surface area contributed by atoms with Gasteiger partial charge in [-0.25, -0.2) is 17.5 Å². The average Bonchev–Trinajstić information content (AvgIpc) is 2.32. The van der Waals surface area contributed by atoms with Gasteiger partial charge in [0.15, 0.2) is 0 Å². The van der Waals surface area contributed by atoms with Crippen LogP contribution in [0.4, 0.5) is 10.1 Å². The Kier molecular flexibility index (Phi) is 6.34. The summed E-state index contributed by atoms with van der Waals surface area (Å²) in [6, 6.07) is 3.17. The fourth-order valence-corrected chi connectivity index (χ4v) is 2.56. The van der Waals surface area contributed by atoms with Crippen LogP contribution in [0.25, 0.3) is 0 Å². The van der Waals surface area contributed by atoms with Gasteiger partial charge in [-0.05, 0) is 32.3 Å². The molecular formula is C12H20FN3O3S. The minimum absolute atomic E-state index is 0.119. The summed E-state index contributed by atoms with van der Waals surface area (Å²) in [6.45, 7) is 1.67. The molecule has 0 atom stereocenters. The van der Waals surface area contributed by atoms with Crippen LogP contribution in [-0.2, 0) is 14.8 Å². The first-order valence-corrected chi connectivity index (χ1v) is 7.58. The van der Waals surface area contributed by atoms with Crippen LogP contribution in [0.5, 0.6) is 0 Å². The fraction of sp³-hybridized carbons (Fsp3) is 0.500. The number of nitrogens with zero attached hydrogens (tertiary/aromatic N) is 1. The van der Waals surface area contributed by atoms with Crippen molar-refractivity contribution in [3.05, 3.63) is 24.0 Å². The molecule has 0 heterocycles. The van der Waals surface area contributed by atoms with Crippen molar-refractivity contribution >= 4 is 15.7 Å². The Morgan fingerprint density at radius 1 is 1.35 bits per heavy atom. The van der Waals surface area contributed by atoms with Gasteiger partial charge in [0.2, 0.25) is 10.0 Å². The number of likely N-dealkylation sites (N-methyl/N-ethyl adjacent to an activating group) is 1. The Labute approximate surface area is 118 Å². The standard InChI is InChI=1S/C12H20FN3O3S/c1-16(2)6-8-19-7-5-15-20(17,18)12-4-3-10(13)9-11(12)14/h3-4,9,15H,5-8,14H2,1-2H3. The van der Waals surface area contributed by atoms with Gasteiger partial charge in [0, 0.05) is 13.1 Å². The van der Waals surface area contributed by atoms with E-state index in [4.69, 9.17) is 10.5 Å². The lowest BCUT2D eigenvalue weighted by Gasteiger charge is -2.11. The fourth-order valence-electron chi connectivity index (χ4n) is 1.44. The molecule has 0 aliphatic rings. The Bertz CT molecular complexity index is 535. The number of nitrogens with one attached hydrogen (secondary N) is 1. The summed E-state index contributed by atoms with van der Waals surface area (Å²) < 4.78 is 44.3. The molecule has 0 saturated heterocycles. The number of nitrogen functional groups attached to an aromatic ring is 1. The van der Waals surface area contributed by atoms with E-state index in [1.165, 1.54) is 0 Å². The highest BCUT2D eigenvalue weighted by atomic mass is 32.2. The predicted octanol–water partition coefficient (Wildman–Crippen LogP) is 0.264. The van der Waals surface area contributed by atoms with Crippen LogP contribution in [0.3, 0.4) is 0 Å². The molecule has 0 aromatic heterocycles. The van der Waals surface area contributed by atoms with E-state index >= 15 is 0 Å². The molecule has 1 rings (SSSR count). The van der Waals surface area contributed by atoms with Crippen molar-refractivity contribution in [3.63, 3.8) is 0 Å². The van der Waals surface area contributed by atoms with Gasteiger partial charge < -0.3 is 15.4 Å². The Balaban J connectivity index is 2.46. The molecule has 3 N–H and O–H groups in total. The van der Waals surface area contributed by atoms with Crippen molar-refractivity contribution in [3.8, 4) is 0 Å². The molecule has 1 aromatic rings. The third-order valence-corrected chi connectivity index (χ3v) is 4.02. The second kappa shape index (κ2) is 7.53. The molecule has 8 heteroatoms. The molecule has 6 nitrogen and oxygen atoms in total. The van der Waals surface area contributed by atoms with Crippen molar-refractivity contribution in [2.45, 2.75) is 4.90 Å². The van der Waals surface area contributed by atoms with Gasteiger partial charge in [0.05, 0.1) is 18.9 Å². The van der Waals surface area contributed by atoms with Crippen LogP contribution >= 0.6 is 0 Å². The van der Waals surface area contributed by atoms with E-state index in [1.54, 1.807) is 0 Å². The smallest absolute Gasteiger partial charge is 0.242 e. The van der Waals surface area contributed by atoms with Crippen LogP contribution < -0.4 is 10.5 Å². The van der Waals surface area contributed by atoms with Gasteiger partial charge in [0.1, 0.15) is 10.7 Å². The monoisotopic (exact) mass is 305 g/mol. The first-order valence-electron chi connectivity index (χ1n) is 6.10. The van der Waals surface area contributed by atoms with Gasteiger partial charge in [-0.3, -0.25) is 0 Å². The van der Waals surface area contributed by atoms with Crippen LogP contribution in [-0.4, -0.2) is 53.7 Å². The molecule has 0 aliphatic carbocycles. The molecule has 0 aliphatic heterocycles. The van der Waals surface area contributed by atoms with Crippen molar-refractivity contribution < 1.29 is 17.5 Å². The third kappa shape index (κ3) is 5.41.